The van der Waals surface area contributed by atoms with E-state index in [1.165, 1.54) is 159 Å². The first kappa shape index (κ1) is 71.2. The zero-order valence-electron chi connectivity index (χ0n) is 64.1. The van der Waals surface area contributed by atoms with Gasteiger partial charge in [0.15, 0.2) is 0 Å². The fraction of sp³-hybridized carbons (Fsp3) is 0. The molecule has 20 aromatic carbocycles. The minimum Gasteiger partial charge on any atom is -0.356 e. The van der Waals surface area contributed by atoms with Crippen LogP contribution in [-0.2, 0) is 0 Å². The summed E-state index contributed by atoms with van der Waals surface area (Å²) in [5.41, 5.74) is 27.5. The van der Waals surface area contributed by atoms with Crippen LogP contribution in [0.2, 0.25) is 0 Å². The summed E-state index contributed by atoms with van der Waals surface area (Å²) in [6.45, 7) is 0. The Morgan fingerprint density at radius 3 is 0.786 bits per heavy atom. The smallest absolute Gasteiger partial charge is 0.0541 e. The Hall–Kier alpha value is -14.9. The topological polar surface area (TPSA) is 25.1 Å². The summed E-state index contributed by atoms with van der Waals surface area (Å²) in [5, 5.41) is 18.7. The molecule has 0 amide bonds. The van der Waals surface area contributed by atoms with E-state index in [1.54, 1.807) is 0 Å². The van der Waals surface area contributed by atoms with Gasteiger partial charge >= 0.3 is 0 Å². The van der Waals surface area contributed by atoms with Gasteiger partial charge in [-0.15, -0.1) is 0 Å². The lowest BCUT2D eigenvalue weighted by Gasteiger charge is -2.26. The van der Waals surface area contributed by atoms with Crippen LogP contribution in [0.5, 0.6) is 0 Å². The van der Waals surface area contributed by atoms with Crippen LogP contribution in [0.4, 0.5) is 28.4 Å². The van der Waals surface area contributed by atoms with Gasteiger partial charge in [-0.05, 0) is 243 Å². The Kier molecular flexibility index (Phi) is 19.2. The highest BCUT2D eigenvalue weighted by Gasteiger charge is 2.22. The van der Waals surface area contributed by atoms with Gasteiger partial charge in [0.1, 0.15) is 0 Å². The van der Waals surface area contributed by atoms with Crippen molar-refractivity contribution in [3.8, 4) is 78.1 Å². The lowest BCUT2D eigenvalue weighted by molar-refractivity contribution is 1.17. The standard InChI is InChI=1S/C56H38N2.C32H21Br.C24H18N2/c1-4-16-40(17-5-1)55-49-24-10-11-25-50(49)56(41-18-6-2-7-19-41)52-38-42(30-37-51(52)55)39-28-31-44(32-29-39)57(43-20-8-3-9-21-43)45-33-35-46(36-34-45)58-53-26-14-12-22-47(53)48-23-13-15-27-54(48)58;33-26-18-15-22(16-19-26)25-17-20-29-30(21-25)32(24-11-5-2-6-12-24)28-14-8-7-13-27(28)31(29)23-9-3-1-4-10-23;1-2-8-18(9-3-1)25-19-14-16-20(17-15-19)26-23-12-6-4-10-21(23)22-11-5-7-13-24(22)26/h1-38H;1-21H;1-17,25H. The number of aromatic nitrogens is 2. The second-order valence-corrected chi connectivity index (χ2v) is 30.5. The molecule has 552 valence electrons. The van der Waals surface area contributed by atoms with Crippen molar-refractivity contribution in [1.82, 2.24) is 9.13 Å². The molecule has 0 unspecified atom stereocenters. The van der Waals surface area contributed by atoms with Crippen molar-refractivity contribution in [2.75, 3.05) is 10.2 Å². The molecule has 0 atom stereocenters. The molecule has 4 nitrogen and oxygen atoms in total. The number of para-hydroxylation sites is 6. The van der Waals surface area contributed by atoms with Gasteiger partial charge in [0, 0.05) is 65.8 Å². The molecule has 1 N–H and O–H groups in total. The molecule has 0 saturated heterocycles. The van der Waals surface area contributed by atoms with Crippen molar-refractivity contribution in [2.45, 2.75) is 0 Å². The fourth-order valence-electron chi connectivity index (χ4n) is 17.4. The summed E-state index contributed by atoms with van der Waals surface area (Å²) in [5.74, 6) is 0. The largest absolute Gasteiger partial charge is 0.356 e. The first-order valence-corrected chi connectivity index (χ1v) is 40.7. The van der Waals surface area contributed by atoms with Crippen LogP contribution in [0.25, 0.3) is 165 Å². The van der Waals surface area contributed by atoms with Crippen molar-refractivity contribution >= 4 is 131 Å². The van der Waals surface area contributed by atoms with E-state index in [0.717, 1.165) is 38.6 Å². The summed E-state index contributed by atoms with van der Waals surface area (Å²) < 4.78 is 5.79. The summed E-state index contributed by atoms with van der Waals surface area (Å²) in [4.78, 5) is 2.34. The number of nitrogens with one attached hydrogen (secondary N) is 1. The third-order valence-electron chi connectivity index (χ3n) is 22.7. The fourth-order valence-corrected chi connectivity index (χ4v) is 17.6. The van der Waals surface area contributed by atoms with E-state index in [9.17, 15) is 0 Å². The zero-order valence-corrected chi connectivity index (χ0v) is 65.7. The van der Waals surface area contributed by atoms with Crippen LogP contribution in [0.1, 0.15) is 0 Å². The molecule has 0 saturated carbocycles. The van der Waals surface area contributed by atoms with Crippen LogP contribution < -0.4 is 10.2 Å². The monoisotopic (exact) mass is 1560 g/mol. The molecule has 0 aliphatic rings. The molecular weight excluding hydrogens is 1480 g/mol. The van der Waals surface area contributed by atoms with Crippen LogP contribution in [0.15, 0.2) is 466 Å². The average Bonchev–Trinajstić information content (AvgIpc) is 1.61. The lowest BCUT2D eigenvalue weighted by Crippen LogP contribution is -2.10. The third-order valence-corrected chi connectivity index (χ3v) is 23.2. The molecule has 117 heavy (non-hydrogen) atoms. The molecule has 0 spiro atoms. The normalized spacial score (nSPS) is 11.3. The van der Waals surface area contributed by atoms with E-state index < -0.39 is 0 Å². The molecule has 22 aromatic rings. The van der Waals surface area contributed by atoms with E-state index >= 15 is 0 Å². The highest BCUT2D eigenvalue weighted by molar-refractivity contribution is 9.10. The summed E-state index contributed by atoms with van der Waals surface area (Å²) in [7, 11) is 0. The molecular formula is C112H77BrN4. The minimum absolute atomic E-state index is 1.08. The highest BCUT2D eigenvalue weighted by atomic mass is 79.9. The lowest BCUT2D eigenvalue weighted by atomic mass is 9.85. The first-order valence-electron chi connectivity index (χ1n) is 39.9. The van der Waals surface area contributed by atoms with Crippen molar-refractivity contribution in [3.63, 3.8) is 0 Å². The molecule has 0 radical (unpaired) electrons. The van der Waals surface area contributed by atoms with Gasteiger partial charge in [0.05, 0.1) is 22.1 Å². The number of hydrogen-bond donors (Lipinski definition) is 1. The van der Waals surface area contributed by atoms with Crippen LogP contribution >= 0.6 is 15.9 Å². The Morgan fingerprint density at radius 2 is 0.427 bits per heavy atom. The van der Waals surface area contributed by atoms with E-state index in [1.807, 2.05) is 18.2 Å². The number of benzene rings is 20. The number of halogens is 1. The van der Waals surface area contributed by atoms with Crippen molar-refractivity contribution < 1.29 is 0 Å². The highest BCUT2D eigenvalue weighted by Crippen LogP contribution is 2.48. The number of rotatable bonds is 13. The molecule has 0 aliphatic carbocycles. The summed E-state index contributed by atoms with van der Waals surface area (Å²) >= 11 is 3.56. The second kappa shape index (κ2) is 31.6. The second-order valence-electron chi connectivity index (χ2n) is 29.6. The Bertz CT molecular complexity index is 7230. The summed E-state index contributed by atoms with van der Waals surface area (Å²) in [6.07, 6.45) is 0. The van der Waals surface area contributed by atoms with E-state index in [0.29, 0.717) is 0 Å². The predicted molar refractivity (Wildman–Crippen MR) is 503 cm³/mol. The van der Waals surface area contributed by atoms with Crippen molar-refractivity contribution in [3.05, 3.63) is 466 Å². The molecule has 0 fully saturated rings. The Balaban J connectivity index is 0.000000125. The SMILES string of the molecule is Brc1ccc(-c2ccc3c(-c4ccccc4)c4ccccc4c(-c4ccccc4)c3c2)cc1.c1ccc(-c2c3ccccc3c(-c3ccccc3)c3cc(-c4ccc(N(c5ccccc5)c5ccc(-n6c7ccccc7c7ccccc76)cc5)cc4)ccc23)cc1.c1ccc(Nc2ccc(-n3c4ccccc4c4ccccc43)cc2)cc1. The molecule has 2 heterocycles. The van der Waals surface area contributed by atoms with Gasteiger partial charge in [0.2, 0.25) is 0 Å². The van der Waals surface area contributed by atoms with Crippen molar-refractivity contribution in [1.29, 1.82) is 0 Å². The Morgan fingerprint density at radius 1 is 0.179 bits per heavy atom. The molecule has 0 bridgehead atoms. The van der Waals surface area contributed by atoms with Gasteiger partial charge in [-0.2, -0.15) is 0 Å². The zero-order chi connectivity index (χ0) is 78.0. The molecule has 0 aliphatic heterocycles. The Labute approximate surface area is 689 Å². The number of hydrogen-bond acceptors (Lipinski definition) is 2. The molecule has 5 heteroatoms. The minimum atomic E-state index is 1.08. The molecule has 22 rings (SSSR count). The van der Waals surface area contributed by atoms with Gasteiger partial charge in [0.25, 0.3) is 0 Å². The maximum atomic E-state index is 3.56. The van der Waals surface area contributed by atoms with Crippen molar-refractivity contribution in [2.24, 2.45) is 0 Å². The van der Waals surface area contributed by atoms with E-state index in [-0.39, 0.29) is 0 Å². The summed E-state index contributed by atoms with van der Waals surface area (Å²) in [6, 6.07) is 165. The van der Waals surface area contributed by atoms with Crippen LogP contribution in [-0.4, -0.2) is 9.13 Å². The number of fused-ring (bicyclic) bond motifs is 10. The number of anilines is 5. The van der Waals surface area contributed by atoms with Crippen LogP contribution in [0.3, 0.4) is 0 Å². The molecule has 2 aromatic heterocycles. The van der Waals surface area contributed by atoms with Gasteiger partial charge in [-0.25, -0.2) is 0 Å². The maximum absolute atomic E-state index is 3.56. The number of nitrogens with zero attached hydrogens (tertiary/aromatic N) is 3. The first-order chi connectivity index (χ1) is 58.0. The quantitative estimate of drug-likeness (QED) is 0.116. The van der Waals surface area contributed by atoms with Gasteiger partial charge in [-0.3, -0.25) is 0 Å². The van der Waals surface area contributed by atoms with Crippen LogP contribution in [0, 0.1) is 0 Å². The average molecular weight is 1560 g/mol. The van der Waals surface area contributed by atoms with E-state index in [4.69, 9.17) is 0 Å². The predicted octanol–water partition coefficient (Wildman–Crippen LogP) is 31.8. The van der Waals surface area contributed by atoms with Gasteiger partial charge < -0.3 is 19.4 Å². The van der Waals surface area contributed by atoms with Gasteiger partial charge in [-0.1, -0.05) is 344 Å². The maximum Gasteiger partial charge on any atom is 0.0541 e. The third kappa shape index (κ3) is 13.7. The van der Waals surface area contributed by atoms with E-state index in [2.05, 4.69) is 478 Å².